The van der Waals surface area contributed by atoms with E-state index in [9.17, 15) is 19.5 Å². The van der Waals surface area contributed by atoms with Crippen LogP contribution < -0.4 is 15.3 Å². The lowest BCUT2D eigenvalue weighted by Gasteiger charge is -2.31. The Hall–Kier alpha value is -3.57. The number of unbranched alkanes of at least 4 members (excludes halogenated alkanes) is 1. The molecular weight excluding hydrogens is 528 g/mol. The average molecular weight is 565 g/mol. The van der Waals surface area contributed by atoms with Crippen molar-refractivity contribution in [3.8, 4) is 11.3 Å². The number of benzene rings is 1. The highest BCUT2D eigenvalue weighted by Crippen LogP contribution is 2.40. The molecule has 212 valence electrons. The quantitative estimate of drug-likeness (QED) is 0.318. The van der Waals surface area contributed by atoms with E-state index in [1.54, 1.807) is 11.8 Å². The van der Waals surface area contributed by atoms with Gasteiger partial charge in [-0.3, -0.25) is 14.3 Å². The number of piperazine rings is 1. The van der Waals surface area contributed by atoms with Crippen molar-refractivity contribution in [2.75, 3.05) is 32.7 Å². The summed E-state index contributed by atoms with van der Waals surface area (Å²) < 4.78 is 1.95. The molecule has 1 fully saturated rings. The summed E-state index contributed by atoms with van der Waals surface area (Å²) in [7, 11) is 0. The summed E-state index contributed by atoms with van der Waals surface area (Å²) in [5.41, 5.74) is 2.74. The van der Waals surface area contributed by atoms with Crippen LogP contribution in [-0.2, 0) is 40.3 Å². The molecule has 0 radical (unpaired) electrons. The molecule has 0 atom stereocenters. The lowest BCUT2D eigenvalue weighted by Crippen LogP contribution is -3.14. The van der Waals surface area contributed by atoms with E-state index < -0.39 is 11.4 Å². The molecule has 1 aromatic carbocycles. The minimum Gasteiger partial charge on any atom is -0.550 e. The Balaban J connectivity index is 1.09. The van der Waals surface area contributed by atoms with Crippen LogP contribution in [0.25, 0.3) is 11.3 Å². The fraction of sp³-hybridized carbons (Fsp3) is 0.483. The summed E-state index contributed by atoms with van der Waals surface area (Å²) in [6, 6.07) is 7.72. The van der Waals surface area contributed by atoms with Gasteiger partial charge in [0, 0.05) is 43.0 Å². The third-order valence-electron chi connectivity index (χ3n) is 8.10. The predicted molar refractivity (Wildman–Crippen MR) is 148 cm³/mol. The van der Waals surface area contributed by atoms with Crippen molar-refractivity contribution < 1.29 is 24.4 Å². The fourth-order valence-corrected chi connectivity index (χ4v) is 6.60. The lowest BCUT2D eigenvalue weighted by atomic mass is 9.80. The van der Waals surface area contributed by atoms with E-state index in [0.29, 0.717) is 12.8 Å². The van der Waals surface area contributed by atoms with E-state index in [1.807, 2.05) is 51.6 Å². The summed E-state index contributed by atoms with van der Waals surface area (Å²) in [5, 5.41) is 21.7. The van der Waals surface area contributed by atoms with Gasteiger partial charge >= 0.3 is 0 Å². The highest BCUT2D eigenvalue weighted by molar-refractivity contribution is 7.09. The molecule has 2 aliphatic rings. The van der Waals surface area contributed by atoms with Crippen LogP contribution in [0.2, 0.25) is 0 Å². The lowest BCUT2D eigenvalue weighted by molar-refractivity contribution is -0.904. The molecule has 0 unspecified atom stereocenters. The molecule has 5 rings (SSSR count). The number of rotatable bonds is 11. The van der Waals surface area contributed by atoms with Gasteiger partial charge in [0.2, 0.25) is 11.8 Å². The van der Waals surface area contributed by atoms with E-state index >= 15 is 0 Å². The largest absolute Gasteiger partial charge is 0.550 e. The molecule has 10 nitrogen and oxygen atoms in total. The van der Waals surface area contributed by atoms with Crippen molar-refractivity contribution in [2.24, 2.45) is 5.41 Å². The van der Waals surface area contributed by atoms with E-state index in [1.165, 1.54) is 11.3 Å². The molecule has 3 heterocycles. The Bertz CT molecular complexity index is 1330. The van der Waals surface area contributed by atoms with Gasteiger partial charge in [-0.25, -0.2) is 4.98 Å². The van der Waals surface area contributed by atoms with Gasteiger partial charge in [0.25, 0.3) is 0 Å². The topological polar surface area (TPSA) is 125 Å². The second kappa shape index (κ2) is 12.3. The number of fused-ring (bicyclic) bond motifs is 1. The van der Waals surface area contributed by atoms with Gasteiger partial charge in [-0.2, -0.15) is 5.10 Å². The average Bonchev–Trinajstić information content (AvgIpc) is 3.68. The standard InChI is InChI=1S/C29H36N6O4S/c1-21(36)34-12-10-33(11-13-34)8-4-5-9-35-19-24(17-31-35)25-20-40-26(32-25)18-30-28(39)29(16-27(37)38)14-22-6-2-3-7-23(22)15-29/h2-3,6-7,17,19-20H,4-5,8-16,18H2,1H3,(H,30,39)(H,37,38). The van der Waals surface area contributed by atoms with E-state index in [-0.39, 0.29) is 24.8 Å². The number of nitrogens with zero attached hydrogens (tertiary/aromatic N) is 4. The zero-order valence-corrected chi connectivity index (χ0v) is 23.7. The molecule has 11 heteroatoms. The Kier molecular flexibility index (Phi) is 8.60. The first-order valence-electron chi connectivity index (χ1n) is 13.9. The van der Waals surface area contributed by atoms with Crippen LogP contribution in [0.5, 0.6) is 0 Å². The number of carbonyl (C=O) groups excluding carboxylic acids is 3. The van der Waals surface area contributed by atoms with Crippen LogP contribution in [0, 0.1) is 5.41 Å². The molecule has 1 aliphatic carbocycles. The Morgan fingerprint density at radius 2 is 1.85 bits per heavy atom. The summed E-state index contributed by atoms with van der Waals surface area (Å²) in [6.45, 7) is 7.56. The zero-order valence-electron chi connectivity index (χ0n) is 22.9. The van der Waals surface area contributed by atoms with Crippen molar-refractivity contribution in [2.45, 2.75) is 52.1 Å². The molecule has 1 aliphatic heterocycles. The monoisotopic (exact) mass is 564 g/mol. The minimum atomic E-state index is -1.22. The number of thiazole rings is 1. The summed E-state index contributed by atoms with van der Waals surface area (Å²) in [4.78, 5) is 44.4. The molecule has 40 heavy (non-hydrogen) atoms. The molecule has 2 aromatic heterocycles. The summed E-state index contributed by atoms with van der Waals surface area (Å²) in [6.07, 6.45) is 6.43. The summed E-state index contributed by atoms with van der Waals surface area (Å²) in [5.74, 6) is -1.33. The maximum absolute atomic E-state index is 13.2. The smallest absolute Gasteiger partial charge is 0.227 e. The van der Waals surface area contributed by atoms with Gasteiger partial charge in [-0.05, 0) is 36.8 Å². The van der Waals surface area contributed by atoms with Crippen LogP contribution in [0.15, 0.2) is 42.0 Å². The number of aromatic nitrogens is 3. The third kappa shape index (κ3) is 6.59. The van der Waals surface area contributed by atoms with E-state index in [2.05, 4.69) is 15.4 Å². The van der Waals surface area contributed by atoms with Gasteiger partial charge in [0.1, 0.15) is 5.01 Å². The van der Waals surface area contributed by atoms with Crippen molar-refractivity contribution in [3.63, 3.8) is 0 Å². The van der Waals surface area contributed by atoms with Gasteiger partial charge in [-0.1, -0.05) is 24.3 Å². The number of carboxylic acid groups (broad SMARTS) is 1. The number of quaternary nitrogens is 1. The van der Waals surface area contributed by atoms with E-state index in [4.69, 9.17) is 0 Å². The normalized spacial score (nSPS) is 16.6. The van der Waals surface area contributed by atoms with Gasteiger partial charge in [-0.15, -0.1) is 11.3 Å². The van der Waals surface area contributed by atoms with Crippen LogP contribution in [0.4, 0.5) is 0 Å². The molecule has 0 spiro atoms. The molecule has 2 amide bonds. The van der Waals surface area contributed by atoms with Gasteiger partial charge < -0.3 is 25.0 Å². The van der Waals surface area contributed by atoms with Crippen molar-refractivity contribution >= 4 is 29.1 Å². The Morgan fingerprint density at radius 1 is 1.12 bits per heavy atom. The van der Waals surface area contributed by atoms with Crippen molar-refractivity contribution in [3.05, 3.63) is 58.2 Å². The summed E-state index contributed by atoms with van der Waals surface area (Å²) >= 11 is 1.46. The van der Waals surface area contributed by atoms with Crippen LogP contribution in [0.1, 0.15) is 42.3 Å². The first kappa shape index (κ1) is 28.0. The first-order valence-corrected chi connectivity index (χ1v) is 14.8. The van der Waals surface area contributed by atoms with Crippen molar-refractivity contribution in [1.29, 1.82) is 0 Å². The number of carboxylic acids is 1. The van der Waals surface area contributed by atoms with E-state index in [0.717, 1.165) is 79.5 Å². The highest BCUT2D eigenvalue weighted by atomic mass is 32.1. The van der Waals surface area contributed by atoms with Gasteiger partial charge in [0.05, 0.1) is 56.6 Å². The molecular formula is C29H36N6O4S. The van der Waals surface area contributed by atoms with Crippen molar-refractivity contribution in [1.82, 2.24) is 25.0 Å². The second-order valence-corrected chi connectivity index (χ2v) is 11.9. The van der Waals surface area contributed by atoms with Crippen LogP contribution in [0.3, 0.4) is 0 Å². The molecule has 0 bridgehead atoms. The number of hydrogen-bond acceptors (Lipinski definition) is 7. The molecule has 1 saturated heterocycles. The number of carbonyl (C=O) groups is 3. The molecule has 3 aromatic rings. The minimum absolute atomic E-state index is 0.169. The third-order valence-corrected chi connectivity index (χ3v) is 8.95. The maximum atomic E-state index is 13.2. The highest BCUT2D eigenvalue weighted by Gasteiger charge is 2.43. The molecule has 2 N–H and O–H groups in total. The second-order valence-electron chi connectivity index (χ2n) is 11.0. The van der Waals surface area contributed by atoms with Crippen LogP contribution >= 0.6 is 11.3 Å². The van der Waals surface area contributed by atoms with Gasteiger partial charge in [0.15, 0.2) is 0 Å². The Labute approximate surface area is 238 Å². The first-order chi connectivity index (χ1) is 19.3. The van der Waals surface area contributed by atoms with Crippen LogP contribution in [-0.4, -0.2) is 70.2 Å². The zero-order chi connectivity index (χ0) is 28.1. The SMILES string of the molecule is CC(=O)N1CC[NH+](CCCCn2cc(-c3csc(CNC(=O)C4(CC(=O)[O-])Cc5ccccc5C4)n3)cn2)CC1. The number of aryl methyl sites for hydroxylation is 1. The number of hydrogen-bond donors (Lipinski definition) is 2. The number of nitrogens with one attached hydrogen (secondary N) is 2. The number of aliphatic carboxylic acids is 1. The fourth-order valence-electron chi connectivity index (χ4n) is 5.86. The maximum Gasteiger partial charge on any atom is 0.227 e. The molecule has 0 saturated carbocycles. The predicted octanol–water partition coefficient (Wildman–Crippen LogP) is 0.0752. The number of amides is 2. The Morgan fingerprint density at radius 3 is 2.52 bits per heavy atom.